The normalized spacial score (nSPS) is 11.8. The zero-order valence-corrected chi connectivity index (χ0v) is 9.39. The first-order valence-corrected chi connectivity index (χ1v) is 6.23. The Labute approximate surface area is 79.8 Å². The molecule has 0 aliphatic heterocycles. The summed E-state index contributed by atoms with van der Waals surface area (Å²) in [7, 11) is -1.35. The van der Waals surface area contributed by atoms with E-state index in [4.69, 9.17) is 0 Å². The molecule has 0 heterocycles. The highest BCUT2D eigenvalue weighted by Gasteiger charge is 2.14. The maximum atomic E-state index is 11.3. The second kappa shape index (κ2) is 4.60. The standard InChI is InChI=1S/C8H17NO3S/c1-7(2)8(10)9(3)5-6-13(4,11)12/h7H,5-6H2,1-4H3. The van der Waals surface area contributed by atoms with Gasteiger partial charge < -0.3 is 4.90 Å². The van der Waals surface area contributed by atoms with Crippen molar-refractivity contribution >= 4 is 15.7 Å². The number of hydrogen-bond acceptors (Lipinski definition) is 3. The zero-order valence-electron chi connectivity index (χ0n) is 8.57. The number of sulfone groups is 1. The first kappa shape index (κ1) is 12.4. The molecule has 5 heteroatoms. The molecule has 0 aromatic heterocycles. The largest absolute Gasteiger partial charge is 0.345 e. The Morgan fingerprint density at radius 2 is 1.85 bits per heavy atom. The van der Waals surface area contributed by atoms with Gasteiger partial charge in [0.1, 0.15) is 9.84 Å². The summed E-state index contributed by atoms with van der Waals surface area (Å²) >= 11 is 0. The minimum absolute atomic E-state index is 0.0244. The van der Waals surface area contributed by atoms with E-state index in [1.807, 2.05) is 0 Å². The van der Waals surface area contributed by atoms with Gasteiger partial charge in [-0.15, -0.1) is 0 Å². The van der Waals surface area contributed by atoms with Crippen LogP contribution < -0.4 is 0 Å². The van der Waals surface area contributed by atoms with Crippen LogP contribution in [0, 0.1) is 5.92 Å². The van der Waals surface area contributed by atoms with Gasteiger partial charge in [0.2, 0.25) is 5.91 Å². The molecule has 0 saturated carbocycles. The van der Waals surface area contributed by atoms with E-state index in [9.17, 15) is 13.2 Å². The van der Waals surface area contributed by atoms with Crippen molar-refractivity contribution in [2.75, 3.05) is 25.6 Å². The van der Waals surface area contributed by atoms with E-state index < -0.39 is 9.84 Å². The molecule has 0 bridgehead atoms. The molecule has 0 N–H and O–H groups in total. The van der Waals surface area contributed by atoms with Crippen LogP contribution in [0.2, 0.25) is 0 Å². The molecule has 4 nitrogen and oxygen atoms in total. The lowest BCUT2D eigenvalue weighted by molar-refractivity contribution is -0.132. The maximum absolute atomic E-state index is 11.3. The zero-order chi connectivity index (χ0) is 10.6. The van der Waals surface area contributed by atoms with Gasteiger partial charge in [-0.1, -0.05) is 13.8 Å². The fourth-order valence-corrected chi connectivity index (χ4v) is 1.46. The molecule has 13 heavy (non-hydrogen) atoms. The highest BCUT2D eigenvalue weighted by atomic mass is 32.2. The number of carbonyl (C=O) groups is 1. The van der Waals surface area contributed by atoms with Gasteiger partial charge in [-0.3, -0.25) is 4.79 Å². The Balaban J connectivity index is 4.03. The third-order valence-corrected chi connectivity index (χ3v) is 2.59. The average molecular weight is 207 g/mol. The fourth-order valence-electron chi connectivity index (χ4n) is 0.854. The van der Waals surface area contributed by atoms with Crippen molar-refractivity contribution in [3.63, 3.8) is 0 Å². The van der Waals surface area contributed by atoms with Gasteiger partial charge in [-0.25, -0.2) is 8.42 Å². The number of hydrogen-bond donors (Lipinski definition) is 0. The van der Waals surface area contributed by atoms with Gasteiger partial charge in [-0.2, -0.15) is 0 Å². The smallest absolute Gasteiger partial charge is 0.224 e. The molecule has 78 valence electrons. The number of carbonyl (C=O) groups excluding carboxylic acids is 1. The lowest BCUT2D eigenvalue weighted by atomic mass is 10.2. The van der Waals surface area contributed by atoms with E-state index in [1.54, 1.807) is 20.9 Å². The molecular formula is C8H17NO3S. The summed E-state index contributed by atoms with van der Waals surface area (Å²) in [5.41, 5.74) is 0. The van der Waals surface area contributed by atoms with Gasteiger partial charge in [-0.05, 0) is 0 Å². The van der Waals surface area contributed by atoms with Gasteiger partial charge in [0.25, 0.3) is 0 Å². The van der Waals surface area contributed by atoms with Gasteiger partial charge in [0.05, 0.1) is 5.75 Å². The SMILES string of the molecule is CC(C)C(=O)N(C)CCS(C)(=O)=O. The molecule has 0 aliphatic rings. The molecule has 0 aliphatic carbocycles. The Morgan fingerprint density at radius 1 is 1.38 bits per heavy atom. The molecule has 1 amide bonds. The summed E-state index contributed by atoms with van der Waals surface area (Å²) in [5.74, 6) is -0.0738. The van der Waals surface area contributed by atoms with Crippen molar-refractivity contribution < 1.29 is 13.2 Å². The molecule has 0 radical (unpaired) electrons. The minimum atomic E-state index is -2.97. The predicted molar refractivity (Wildman–Crippen MR) is 52.2 cm³/mol. The molecule has 0 unspecified atom stereocenters. The summed E-state index contributed by atoms with van der Waals surface area (Å²) in [5, 5.41) is 0. The van der Waals surface area contributed by atoms with Crippen molar-refractivity contribution in [1.82, 2.24) is 4.90 Å². The van der Waals surface area contributed by atoms with Crippen LogP contribution in [0.1, 0.15) is 13.8 Å². The summed E-state index contributed by atoms with van der Waals surface area (Å²) in [6.45, 7) is 3.86. The van der Waals surface area contributed by atoms with Crippen LogP contribution in [0.3, 0.4) is 0 Å². The summed E-state index contributed by atoms with van der Waals surface area (Å²) in [6, 6.07) is 0. The minimum Gasteiger partial charge on any atom is -0.345 e. The second-order valence-corrected chi connectivity index (χ2v) is 5.80. The van der Waals surface area contributed by atoms with Crippen molar-refractivity contribution in [2.45, 2.75) is 13.8 Å². The van der Waals surface area contributed by atoms with Gasteiger partial charge in [0, 0.05) is 25.8 Å². The van der Waals surface area contributed by atoms with Crippen molar-refractivity contribution in [2.24, 2.45) is 5.92 Å². The average Bonchev–Trinajstić information content (AvgIpc) is 1.97. The number of nitrogens with zero attached hydrogens (tertiary/aromatic N) is 1. The van der Waals surface area contributed by atoms with Crippen LogP contribution >= 0.6 is 0 Å². The van der Waals surface area contributed by atoms with E-state index in [0.29, 0.717) is 0 Å². The molecule has 0 fully saturated rings. The third-order valence-electron chi connectivity index (χ3n) is 1.67. The highest BCUT2D eigenvalue weighted by Crippen LogP contribution is 1.98. The second-order valence-electron chi connectivity index (χ2n) is 3.54. The summed E-state index contributed by atoms with van der Waals surface area (Å²) in [6.07, 6.45) is 1.17. The van der Waals surface area contributed by atoms with Crippen LogP contribution in [0.4, 0.5) is 0 Å². The monoisotopic (exact) mass is 207 g/mol. The van der Waals surface area contributed by atoms with Gasteiger partial charge >= 0.3 is 0 Å². The molecule has 0 spiro atoms. The number of amides is 1. The van der Waals surface area contributed by atoms with Crippen LogP contribution in [0.25, 0.3) is 0 Å². The first-order valence-electron chi connectivity index (χ1n) is 4.16. The molecule has 0 atom stereocenters. The summed E-state index contributed by atoms with van der Waals surface area (Å²) in [4.78, 5) is 12.7. The van der Waals surface area contributed by atoms with Crippen LogP contribution in [-0.2, 0) is 14.6 Å². The van der Waals surface area contributed by atoms with E-state index in [-0.39, 0.29) is 24.1 Å². The molecule has 0 aromatic carbocycles. The van der Waals surface area contributed by atoms with Crippen LogP contribution in [-0.4, -0.2) is 44.8 Å². The molecular weight excluding hydrogens is 190 g/mol. The van der Waals surface area contributed by atoms with Crippen LogP contribution in [0.5, 0.6) is 0 Å². The van der Waals surface area contributed by atoms with Crippen molar-refractivity contribution in [3.8, 4) is 0 Å². The van der Waals surface area contributed by atoms with Crippen molar-refractivity contribution in [3.05, 3.63) is 0 Å². The Hall–Kier alpha value is -0.580. The lowest BCUT2D eigenvalue weighted by Crippen LogP contribution is -2.34. The number of rotatable bonds is 4. The topological polar surface area (TPSA) is 54.5 Å². The first-order chi connectivity index (χ1) is 5.74. The van der Waals surface area contributed by atoms with Gasteiger partial charge in [0.15, 0.2) is 0 Å². The maximum Gasteiger partial charge on any atom is 0.224 e. The van der Waals surface area contributed by atoms with E-state index in [1.165, 1.54) is 11.2 Å². The van der Waals surface area contributed by atoms with E-state index in [0.717, 1.165) is 0 Å². The van der Waals surface area contributed by atoms with E-state index >= 15 is 0 Å². The summed E-state index contributed by atoms with van der Waals surface area (Å²) < 4.78 is 21.6. The van der Waals surface area contributed by atoms with Crippen LogP contribution in [0.15, 0.2) is 0 Å². The lowest BCUT2D eigenvalue weighted by Gasteiger charge is -2.18. The Morgan fingerprint density at radius 3 is 2.15 bits per heavy atom. The fraction of sp³-hybridized carbons (Fsp3) is 0.875. The highest BCUT2D eigenvalue weighted by molar-refractivity contribution is 7.90. The molecule has 0 rings (SSSR count). The Kier molecular flexibility index (Phi) is 4.39. The van der Waals surface area contributed by atoms with E-state index in [2.05, 4.69) is 0 Å². The quantitative estimate of drug-likeness (QED) is 0.659. The Bertz CT molecular complexity index is 269. The molecule has 0 saturated heterocycles. The molecule has 0 aromatic rings. The van der Waals surface area contributed by atoms with Crippen molar-refractivity contribution in [1.29, 1.82) is 0 Å². The third kappa shape index (κ3) is 5.63. The predicted octanol–water partition coefficient (Wildman–Crippen LogP) is 0.145.